The molecular weight excluding hydrogens is 258 g/mol. The third-order valence-corrected chi connectivity index (χ3v) is 2.83. The van der Waals surface area contributed by atoms with Gasteiger partial charge in [-0.25, -0.2) is 4.79 Å². The average Bonchev–Trinajstić information content (AvgIpc) is 2.59. The minimum atomic E-state index is -0.518. The van der Waals surface area contributed by atoms with Gasteiger partial charge >= 0.3 is 12.1 Å². The Balaban J connectivity index is 2.57. The summed E-state index contributed by atoms with van der Waals surface area (Å²) in [6, 6.07) is -0.111. The molecule has 1 aliphatic rings. The molecule has 1 atom stereocenters. The topological polar surface area (TPSA) is 55.8 Å². The normalized spacial score (nSPS) is 19.9. The molecule has 0 spiro atoms. The van der Waals surface area contributed by atoms with Gasteiger partial charge in [-0.1, -0.05) is 0 Å². The zero-order valence-electron chi connectivity index (χ0n) is 13.5. The van der Waals surface area contributed by atoms with Crippen molar-refractivity contribution in [2.45, 2.75) is 78.0 Å². The Morgan fingerprint density at radius 2 is 1.60 bits per heavy atom. The third kappa shape index (κ3) is 5.80. The molecule has 5 heteroatoms. The van der Waals surface area contributed by atoms with E-state index in [1.807, 2.05) is 41.5 Å². The van der Waals surface area contributed by atoms with E-state index in [1.165, 1.54) is 0 Å². The fraction of sp³-hybridized carbons (Fsp3) is 0.867. The van der Waals surface area contributed by atoms with Crippen LogP contribution in [0.4, 0.5) is 4.79 Å². The van der Waals surface area contributed by atoms with Crippen LogP contribution in [0, 0.1) is 0 Å². The van der Waals surface area contributed by atoms with Gasteiger partial charge in [0.15, 0.2) is 0 Å². The Hall–Kier alpha value is -1.26. The zero-order chi connectivity index (χ0) is 15.6. The molecule has 1 fully saturated rings. The molecule has 0 radical (unpaired) electrons. The number of ether oxygens (including phenoxy) is 2. The van der Waals surface area contributed by atoms with Crippen LogP contribution < -0.4 is 0 Å². The van der Waals surface area contributed by atoms with Crippen molar-refractivity contribution in [1.82, 2.24) is 4.90 Å². The van der Waals surface area contributed by atoms with Gasteiger partial charge in [0, 0.05) is 12.6 Å². The summed E-state index contributed by atoms with van der Waals surface area (Å²) in [6.45, 7) is 11.7. The Bertz CT molecular complexity index is 365. The minimum absolute atomic E-state index is 0.111. The maximum atomic E-state index is 12.1. The smallest absolute Gasteiger partial charge is 0.410 e. The van der Waals surface area contributed by atoms with Crippen molar-refractivity contribution >= 4 is 12.1 Å². The van der Waals surface area contributed by atoms with Crippen LogP contribution in [0.25, 0.3) is 0 Å². The van der Waals surface area contributed by atoms with E-state index in [2.05, 4.69) is 0 Å². The van der Waals surface area contributed by atoms with Crippen LogP contribution in [0.15, 0.2) is 0 Å². The Labute approximate surface area is 121 Å². The Morgan fingerprint density at radius 3 is 2.10 bits per heavy atom. The number of hydrogen-bond donors (Lipinski definition) is 0. The first-order valence-electron chi connectivity index (χ1n) is 7.19. The summed E-state index contributed by atoms with van der Waals surface area (Å²) in [7, 11) is 0. The maximum Gasteiger partial charge on any atom is 0.410 e. The Morgan fingerprint density at radius 1 is 1.05 bits per heavy atom. The molecule has 5 nitrogen and oxygen atoms in total. The fourth-order valence-corrected chi connectivity index (χ4v) is 2.18. The SMILES string of the molecule is CC(C)(C)OC(=O)C[C@@H]1CCCN1C(=O)OC(C)(C)C. The van der Waals surface area contributed by atoms with Crippen molar-refractivity contribution in [2.24, 2.45) is 0 Å². The van der Waals surface area contributed by atoms with Gasteiger partial charge < -0.3 is 14.4 Å². The highest BCUT2D eigenvalue weighted by molar-refractivity contribution is 5.73. The van der Waals surface area contributed by atoms with Gasteiger partial charge in [0.2, 0.25) is 0 Å². The van der Waals surface area contributed by atoms with Crippen molar-refractivity contribution in [2.75, 3.05) is 6.54 Å². The van der Waals surface area contributed by atoms with Gasteiger partial charge in [-0.3, -0.25) is 4.79 Å². The number of likely N-dealkylation sites (tertiary alicyclic amines) is 1. The second-order valence-electron chi connectivity index (χ2n) is 7.26. The monoisotopic (exact) mass is 285 g/mol. The molecule has 1 rings (SSSR count). The van der Waals surface area contributed by atoms with Crippen LogP contribution in [-0.2, 0) is 14.3 Å². The Kier molecular flexibility index (Phi) is 5.05. The molecule has 0 saturated carbocycles. The predicted molar refractivity (Wildman–Crippen MR) is 76.4 cm³/mol. The van der Waals surface area contributed by atoms with E-state index in [4.69, 9.17) is 9.47 Å². The van der Waals surface area contributed by atoms with Gasteiger partial charge in [-0.2, -0.15) is 0 Å². The van der Waals surface area contributed by atoms with E-state index in [9.17, 15) is 9.59 Å². The molecule has 0 bridgehead atoms. The molecule has 0 aromatic rings. The number of esters is 1. The van der Waals surface area contributed by atoms with Crippen LogP contribution in [0.3, 0.4) is 0 Å². The standard InChI is InChI=1S/C15H27NO4/c1-14(2,3)19-12(17)10-11-8-7-9-16(11)13(18)20-15(4,5)6/h11H,7-10H2,1-6H3/t11-/m0/s1. The van der Waals surface area contributed by atoms with Crippen LogP contribution in [0.2, 0.25) is 0 Å². The first-order valence-corrected chi connectivity index (χ1v) is 7.19. The second kappa shape index (κ2) is 6.02. The van der Waals surface area contributed by atoms with E-state index < -0.39 is 11.2 Å². The first-order chi connectivity index (χ1) is 8.98. The number of rotatable bonds is 2. The van der Waals surface area contributed by atoms with Gasteiger partial charge in [-0.05, 0) is 54.4 Å². The first kappa shape index (κ1) is 16.8. The highest BCUT2D eigenvalue weighted by Gasteiger charge is 2.34. The van der Waals surface area contributed by atoms with Crippen molar-refractivity contribution in [1.29, 1.82) is 0 Å². The lowest BCUT2D eigenvalue weighted by molar-refractivity contribution is -0.155. The van der Waals surface area contributed by atoms with Crippen molar-refractivity contribution < 1.29 is 19.1 Å². The second-order valence-corrected chi connectivity index (χ2v) is 7.26. The molecule has 20 heavy (non-hydrogen) atoms. The number of hydrogen-bond acceptors (Lipinski definition) is 4. The summed E-state index contributed by atoms with van der Waals surface area (Å²) in [5.74, 6) is -0.266. The summed E-state index contributed by atoms with van der Waals surface area (Å²) in [5.41, 5.74) is -1.01. The minimum Gasteiger partial charge on any atom is -0.460 e. The van der Waals surface area contributed by atoms with Crippen molar-refractivity contribution in [3.05, 3.63) is 0 Å². The van der Waals surface area contributed by atoms with Gasteiger partial charge in [-0.15, -0.1) is 0 Å². The van der Waals surface area contributed by atoms with Crippen LogP contribution >= 0.6 is 0 Å². The summed E-state index contributed by atoms with van der Waals surface area (Å²) in [6.07, 6.45) is 1.60. The summed E-state index contributed by atoms with van der Waals surface area (Å²) < 4.78 is 10.7. The number of amides is 1. The largest absolute Gasteiger partial charge is 0.460 e. The lowest BCUT2D eigenvalue weighted by atomic mass is 10.1. The number of nitrogens with zero attached hydrogens (tertiary/aromatic N) is 1. The van der Waals surface area contributed by atoms with E-state index in [1.54, 1.807) is 4.90 Å². The quantitative estimate of drug-likeness (QED) is 0.731. The predicted octanol–water partition coefficient (Wildman–Crippen LogP) is 3.12. The van der Waals surface area contributed by atoms with Crippen LogP contribution in [0.1, 0.15) is 60.8 Å². The molecule has 1 amide bonds. The molecule has 116 valence electrons. The third-order valence-electron chi connectivity index (χ3n) is 2.83. The molecule has 0 aliphatic carbocycles. The lowest BCUT2D eigenvalue weighted by Gasteiger charge is -2.29. The maximum absolute atomic E-state index is 12.1. The lowest BCUT2D eigenvalue weighted by Crippen LogP contribution is -2.41. The van der Waals surface area contributed by atoms with E-state index in [0.29, 0.717) is 6.54 Å². The molecule has 0 unspecified atom stereocenters. The molecule has 0 aromatic heterocycles. The molecule has 1 heterocycles. The number of carbonyl (C=O) groups excluding carboxylic acids is 2. The van der Waals surface area contributed by atoms with E-state index in [0.717, 1.165) is 12.8 Å². The van der Waals surface area contributed by atoms with E-state index in [-0.39, 0.29) is 24.5 Å². The van der Waals surface area contributed by atoms with Gasteiger partial charge in [0.25, 0.3) is 0 Å². The molecule has 0 aromatic carbocycles. The summed E-state index contributed by atoms with van der Waals surface area (Å²) >= 11 is 0. The average molecular weight is 285 g/mol. The summed E-state index contributed by atoms with van der Waals surface area (Å²) in [4.78, 5) is 25.6. The molecule has 1 saturated heterocycles. The molecule has 1 aliphatic heterocycles. The number of carbonyl (C=O) groups is 2. The van der Waals surface area contributed by atoms with Gasteiger partial charge in [0.05, 0.1) is 6.42 Å². The van der Waals surface area contributed by atoms with Crippen LogP contribution in [0.5, 0.6) is 0 Å². The van der Waals surface area contributed by atoms with Crippen LogP contribution in [-0.4, -0.2) is 40.8 Å². The molecular formula is C15H27NO4. The fourth-order valence-electron chi connectivity index (χ4n) is 2.18. The highest BCUT2D eigenvalue weighted by atomic mass is 16.6. The van der Waals surface area contributed by atoms with E-state index >= 15 is 0 Å². The molecule has 0 N–H and O–H groups in total. The van der Waals surface area contributed by atoms with Crippen molar-refractivity contribution in [3.63, 3.8) is 0 Å². The van der Waals surface area contributed by atoms with Gasteiger partial charge in [0.1, 0.15) is 11.2 Å². The summed E-state index contributed by atoms with van der Waals surface area (Å²) in [5, 5.41) is 0. The van der Waals surface area contributed by atoms with Crippen molar-refractivity contribution in [3.8, 4) is 0 Å². The zero-order valence-corrected chi connectivity index (χ0v) is 13.5. The highest BCUT2D eigenvalue weighted by Crippen LogP contribution is 2.24.